The molecular formula is C24H27N3O4. The third-order valence-electron chi connectivity index (χ3n) is 5.50. The second-order valence-electron chi connectivity index (χ2n) is 7.77. The number of hydrogen-bond donors (Lipinski definition) is 2. The van der Waals surface area contributed by atoms with Crippen molar-refractivity contribution in [2.45, 2.75) is 25.8 Å². The van der Waals surface area contributed by atoms with E-state index in [2.05, 4.69) is 5.32 Å². The van der Waals surface area contributed by atoms with Crippen LogP contribution < -0.4 is 21.1 Å². The molecule has 3 rings (SSSR count). The fourth-order valence-electron chi connectivity index (χ4n) is 3.65. The molecule has 0 aliphatic rings. The SMILES string of the molecule is CC[C@H](Cc1ccccc1)N(C)c1c(Nc2cccc(C(=O)N(C)C)c2O)c(=O)c1=O. The third-order valence-corrected chi connectivity index (χ3v) is 5.50. The van der Waals surface area contributed by atoms with E-state index >= 15 is 0 Å². The lowest BCUT2D eigenvalue weighted by atomic mass is 10.0. The first kappa shape index (κ1) is 22.1. The topological polar surface area (TPSA) is 89.9 Å². The van der Waals surface area contributed by atoms with E-state index in [9.17, 15) is 19.5 Å². The molecule has 31 heavy (non-hydrogen) atoms. The van der Waals surface area contributed by atoms with E-state index in [1.54, 1.807) is 33.3 Å². The Morgan fingerprint density at radius 2 is 1.68 bits per heavy atom. The number of nitrogens with one attached hydrogen (secondary N) is 1. The number of phenols is 1. The molecule has 3 aromatic rings. The first-order valence-corrected chi connectivity index (χ1v) is 10.2. The summed E-state index contributed by atoms with van der Waals surface area (Å²) in [4.78, 5) is 40.2. The van der Waals surface area contributed by atoms with Crippen molar-refractivity contribution in [2.75, 3.05) is 31.4 Å². The summed E-state index contributed by atoms with van der Waals surface area (Å²) in [5.41, 5.74) is 0.670. The van der Waals surface area contributed by atoms with Gasteiger partial charge in [0.25, 0.3) is 16.8 Å². The van der Waals surface area contributed by atoms with Crippen LogP contribution in [-0.2, 0) is 6.42 Å². The van der Waals surface area contributed by atoms with Crippen molar-refractivity contribution in [3.63, 3.8) is 0 Å². The number of benzene rings is 2. The molecule has 0 heterocycles. The van der Waals surface area contributed by atoms with Crippen LogP contribution in [0.1, 0.15) is 29.3 Å². The molecule has 0 saturated carbocycles. The summed E-state index contributed by atoms with van der Waals surface area (Å²) in [7, 11) is 4.97. The van der Waals surface area contributed by atoms with Gasteiger partial charge in [0.2, 0.25) is 0 Å². The van der Waals surface area contributed by atoms with Crippen LogP contribution in [0.25, 0.3) is 0 Å². The lowest BCUT2D eigenvalue weighted by molar-refractivity contribution is 0.0824. The Kier molecular flexibility index (Phi) is 6.44. The van der Waals surface area contributed by atoms with Gasteiger partial charge in [0.15, 0.2) is 5.75 Å². The second kappa shape index (κ2) is 9.04. The highest BCUT2D eigenvalue weighted by molar-refractivity contribution is 5.99. The van der Waals surface area contributed by atoms with E-state index in [1.165, 1.54) is 11.0 Å². The lowest BCUT2D eigenvalue weighted by Crippen LogP contribution is -2.45. The van der Waals surface area contributed by atoms with Crippen molar-refractivity contribution in [1.82, 2.24) is 4.90 Å². The fourth-order valence-corrected chi connectivity index (χ4v) is 3.65. The summed E-state index contributed by atoms with van der Waals surface area (Å²) in [5.74, 6) is -0.628. The highest BCUT2D eigenvalue weighted by Gasteiger charge is 2.29. The van der Waals surface area contributed by atoms with E-state index in [4.69, 9.17) is 0 Å². The summed E-state index contributed by atoms with van der Waals surface area (Å²) in [6.45, 7) is 2.03. The Hall–Kier alpha value is -3.61. The zero-order valence-electron chi connectivity index (χ0n) is 18.2. The number of amides is 1. The number of anilines is 3. The Morgan fingerprint density at radius 3 is 2.29 bits per heavy atom. The molecule has 0 aromatic heterocycles. The standard InChI is InChI=1S/C24H27N3O4/c1-5-16(14-15-10-7-6-8-11-15)27(4)20-19(22(29)23(20)30)25-18-13-9-12-17(21(18)28)24(31)26(2)3/h6-13,16,25,28H,5,14H2,1-4H3/t16-/m1/s1. The minimum atomic E-state index is -0.639. The van der Waals surface area contributed by atoms with Crippen LogP contribution in [0, 0.1) is 0 Å². The molecule has 2 N–H and O–H groups in total. The molecule has 7 heteroatoms. The average Bonchev–Trinajstić information content (AvgIpc) is 2.77. The molecule has 1 amide bonds. The molecule has 0 aliphatic heterocycles. The normalized spacial score (nSPS) is 11.9. The van der Waals surface area contributed by atoms with Gasteiger partial charge < -0.3 is 20.2 Å². The van der Waals surface area contributed by atoms with Crippen molar-refractivity contribution in [3.8, 4) is 5.75 Å². The molecule has 0 unspecified atom stereocenters. The van der Waals surface area contributed by atoms with Gasteiger partial charge in [0.05, 0.1) is 11.3 Å². The number of carbonyl (C=O) groups is 1. The molecule has 0 spiro atoms. The lowest BCUT2D eigenvalue weighted by Gasteiger charge is -2.31. The van der Waals surface area contributed by atoms with Crippen LogP contribution in [0.2, 0.25) is 0 Å². The van der Waals surface area contributed by atoms with Gasteiger partial charge in [-0.15, -0.1) is 0 Å². The number of hydrogen-bond acceptors (Lipinski definition) is 6. The highest BCUT2D eigenvalue weighted by atomic mass is 16.3. The van der Waals surface area contributed by atoms with Gasteiger partial charge in [0.1, 0.15) is 11.4 Å². The predicted octanol–water partition coefficient (Wildman–Crippen LogP) is 2.89. The molecule has 0 saturated heterocycles. The van der Waals surface area contributed by atoms with Gasteiger partial charge in [0, 0.05) is 27.2 Å². The van der Waals surface area contributed by atoms with Gasteiger partial charge in [-0.25, -0.2) is 0 Å². The molecule has 3 aromatic carbocycles. The van der Waals surface area contributed by atoms with Crippen molar-refractivity contribution in [3.05, 3.63) is 80.1 Å². The Balaban J connectivity index is 1.90. The van der Waals surface area contributed by atoms with E-state index in [-0.39, 0.29) is 40.3 Å². The fraction of sp³-hybridized carbons (Fsp3) is 0.292. The maximum absolute atomic E-state index is 12.4. The highest BCUT2D eigenvalue weighted by Crippen LogP contribution is 2.33. The number of aromatic hydroxyl groups is 1. The number of carbonyl (C=O) groups excluding carboxylic acids is 1. The maximum Gasteiger partial charge on any atom is 0.257 e. The van der Waals surface area contributed by atoms with Crippen molar-refractivity contribution < 1.29 is 9.90 Å². The van der Waals surface area contributed by atoms with E-state index < -0.39 is 10.9 Å². The molecule has 0 fully saturated rings. The first-order valence-electron chi connectivity index (χ1n) is 10.2. The summed E-state index contributed by atoms with van der Waals surface area (Å²) in [6.07, 6.45) is 1.51. The number of nitrogens with zero attached hydrogens (tertiary/aromatic N) is 2. The maximum atomic E-state index is 12.4. The van der Waals surface area contributed by atoms with E-state index in [1.807, 2.05) is 42.2 Å². The molecule has 162 valence electrons. The van der Waals surface area contributed by atoms with Crippen LogP contribution in [0.4, 0.5) is 17.1 Å². The first-order chi connectivity index (χ1) is 14.8. The average molecular weight is 421 g/mol. The second-order valence-corrected chi connectivity index (χ2v) is 7.77. The van der Waals surface area contributed by atoms with Crippen LogP contribution in [-0.4, -0.2) is 43.1 Å². The van der Waals surface area contributed by atoms with Gasteiger partial charge in [-0.2, -0.15) is 0 Å². The number of likely N-dealkylation sites (N-methyl/N-ethyl adjacent to an activating group) is 1. The predicted molar refractivity (Wildman–Crippen MR) is 123 cm³/mol. The minimum absolute atomic E-state index is 0.0153. The minimum Gasteiger partial charge on any atom is -0.505 e. The Labute approximate surface area is 181 Å². The molecule has 0 aliphatic carbocycles. The van der Waals surface area contributed by atoms with Crippen molar-refractivity contribution >= 4 is 23.0 Å². The Morgan fingerprint density at radius 1 is 1.00 bits per heavy atom. The van der Waals surface area contributed by atoms with E-state index in [0.29, 0.717) is 0 Å². The van der Waals surface area contributed by atoms with Crippen LogP contribution in [0.15, 0.2) is 58.1 Å². The summed E-state index contributed by atoms with van der Waals surface area (Å²) < 4.78 is 0. The summed E-state index contributed by atoms with van der Waals surface area (Å²) >= 11 is 0. The zero-order chi connectivity index (χ0) is 22.7. The number of para-hydroxylation sites is 1. The summed E-state index contributed by atoms with van der Waals surface area (Å²) in [6, 6.07) is 14.6. The van der Waals surface area contributed by atoms with Crippen LogP contribution >= 0.6 is 0 Å². The molecular weight excluding hydrogens is 394 g/mol. The molecule has 7 nitrogen and oxygen atoms in total. The van der Waals surface area contributed by atoms with Gasteiger partial charge in [-0.1, -0.05) is 43.3 Å². The third kappa shape index (κ3) is 4.30. The molecule has 0 bridgehead atoms. The van der Waals surface area contributed by atoms with Gasteiger partial charge in [-0.05, 0) is 30.5 Å². The van der Waals surface area contributed by atoms with Crippen molar-refractivity contribution in [1.29, 1.82) is 0 Å². The largest absolute Gasteiger partial charge is 0.505 e. The van der Waals surface area contributed by atoms with E-state index in [0.717, 1.165) is 18.4 Å². The molecule has 0 radical (unpaired) electrons. The number of phenolic OH excluding ortho intramolecular Hbond substituents is 1. The summed E-state index contributed by atoms with van der Waals surface area (Å²) in [5, 5.41) is 13.4. The zero-order valence-corrected chi connectivity index (χ0v) is 18.2. The van der Waals surface area contributed by atoms with Gasteiger partial charge >= 0.3 is 0 Å². The molecule has 1 atom stereocenters. The monoisotopic (exact) mass is 421 g/mol. The van der Waals surface area contributed by atoms with Gasteiger partial charge in [-0.3, -0.25) is 14.4 Å². The quantitative estimate of drug-likeness (QED) is 0.429. The smallest absolute Gasteiger partial charge is 0.257 e. The van der Waals surface area contributed by atoms with Crippen LogP contribution in [0.3, 0.4) is 0 Å². The van der Waals surface area contributed by atoms with Crippen molar-refractivity contribution in [2.24, 2.45) is 0 Å². The number of rotatable bonds is 8. The van der Waals surface area contributed by atoms with Crippen LogP contribution in [0.5, 0.6) is 5.75 Å². The Bertz CT molecular complexity index is 1150.